The van der Waals surface area contributed by atoms with Gasteiger partial charge in [-0.2, -0.15) is 0 Å². The van der Waals surface area contributed by atoms with E-state index < -0.39 is 0 Å². The highest BCUT2D eigenvalue weighted by molar-refractivity contribution is 5.78. The minimum Gasteiger partial charge on any atom is -0.490 e. The van der Waals surface area contributed by atoms with E-state index in [1.165, 1.54) is 7.11 Å². The summed E-state index contributed by atoms with van der Waals surface area (Å²) in [6, 6.07) is 7.87. The molecule has 0 aromatic heterocycles. The van der Waals surface area contributed by atoms with E-state index >= 15 is 0 Å². The molecule has 1 atom stereocenters. The van der Waals surface area contributed by atoms with Crippen molar-refractivity contribution in [3.63, 3.8) is 0 Å². The topological polar surface area (TPSA) is 35.5 Å². The van der Waals surface area contributed by atoms with Gasteiger partial charge in [0.1, 0.15) is 5.75 Å². The summed E-state index contributed by atoms with van der Waals surface area (Å²) in [5.74, 6) is 0.592. The molecule has 1 aromatic rings. The van der Waals surface area contributed by atoms with E-state index in [-0.39, 0.29) is 11.9 Å². The molecule has 104 valence electrons. The number of hydrogen-bond acceptors (Lipinski definition) is 3. The first-order chi connectivity index (χ1) is 9.24. The molecule has 0 bridgehead atoms. The lowest BCUT2D eigenvalue weighted by Crippen LogP contribution is -2.14. The van der Waals surface area contributed by atoms with Crippen LogP contribution in [0.5, 0.6) is 5.75 Å². The highest BCUT2D eigenvalue weighted by Gasteiger charge is 2.24. The van der Waals surface area contributed by atoms with Crippen LogP contribution in [0.3, 0.4) is 0 Å². The molecule has 3 nitrogen and oxygen atoms in total. The summed E-state index contributed by atoms with van der Waals surface area (Å²) in [7, 11) is 1.45. The lowest BCUT2D eigenvalue weighted by atomic mass is 9.93. The van der Waals surface area contributed by atoms with Gasteiger partial charge in [0.15, 0.2) is 0 Å². The van der Waals surface area contributed by atoms with Crippen molar-refractivity contribution >= 4 is 5.97 Å². The molecule has 0 saturated heterocycles. The first kappa shape index (κ1) is 13.9. The van der Waals surface area contributed by atoms with Crippen LogP contribution in [0.25, 0.3) is 0 Å². The molecule has 0 radical (unpaired) electrons. The second kappa shape index (κ2) is 6.60. The molecule has 2 rings (SSSR count). The summed E-state index contributed by atoms with van der Waals surface area (Å²) in [6.45, 7) is 2.13. The molecule has 1 saturated carbocycles. The Morgan fingerprint density at radius 1 is 1.32 bits per heavy atom. The molecule has 0 heterocycles. The Bertz CT molecular complexity index is 407. The van der Waals surface area contributed by atoms with Gasteiger partial charge >= 0.3 is 5.97 Å². The summed E-state index contributed by atoms with van der Waals surface area (Å²) in [4.78, 5) is 11.8. The maximum Gasteiger partial charge on any atom is 0.313 e. The maximum absolute atomic E-state index is 11.8. The quantitative estimate of drug-likeness (QED) is 0.703. The van der Waals surface area contributed by atoms with Crippen LogP contribution in [0.2, 0.25) is 0 Å². The Labute approximate surface area is 114 Å². The molecule has 0 N–H and O–H groups in total. The van der Waals surface area contributed by atoms with Gasteiger partial charge in [0, 0.05) is 0 Å². The molecule has 3 heteroatoms. The van der Waals surface area contributed by atoms with Crippen molar-refractivity contribution in [2.24, 2.45) is 0 Å². The highest BCUT2D eigenvalue weighted by Crippen LogP contribution is 2.29. The van der Waals surface area contributed by atoms with Gasteiger partial charge in [0.05, 0.1) is 19.1 Å². The van der Waals surface area contributed by atoms with Crippen molar-refractivity contribution in [2.75, 3.05) is 7.11 Å². The van der Waals surface area contributed by atoms with Crippen LogP contribution in [0.4, 0.5) is 0 Å². The number of carbonyl (C=O) groups is 1. The van der Waals surface area contributed by atoms with Crippen LogP contribution in [0, 0.1) is 0 Å². The molecule has 1 aliphatic carbocycles. The van der Waals surface area contributed by atoms with Gasteiger partial charge in [-0.3, -0.25) is 4.79 Å². The zero-order chi connectivity index (χ0) is 13.7. The largest absolute Gasteiger partial charge is 0.490 e. The van der Waals surface area contributed by atoms with Crippen molar-refractivity contribution in [1.29, 1.82) is 0 Å². The predicted molar refractivity (Wildman–Crippen MR) is 74.4 cm³/mol. The normalized spacial score (nSPS) is 15.9. The SMILES string of the molecule is CCCCC(C(=O)OC)c1ccc(OC2CC2)cc1. The van der Waals surface area contributed by atoms with E-state index in [4.69, 9.17) is 9.47 Å². The van der Waals surface area contributed by atoms with Crippen molar-refractivity contribution in [3.05, 3.63) is 29.8 Å². The number of hydrogen-bond donors (Lipinski definition) is 0. The second-order valence-electron chi connectivity index (χ2n) is 5.10. The van der Waals surface area contributed by atoms with E-state index in [9.17, 15) is 4.79 Å². The van der Waals surface area contributed by atoms with Crippen molar-refractivity contribution < 1.29 is 14.3 Å². The van der Waals surface area contributed by atoms with Crippen LogP contribution in [-0.2, 0) is 9.53 Å². The van der Waals surface area contributed by atoms with Crippen LogP contribution < -0.4 is 4.74 Å². The van der Waals surface area contributed by atoms with E-state index in [0.29, 0.717) is 6.10 Å². The molecule has 1 fully saturated rings. The molecule has 0 amide bonds. The number of benzene rings is 1. The van der Waals surface area contributed by atoms with E-state index in [1.807, 2.05) is 24.3 Å². The summed E-state index contributed by atoms with van der Waals surface area (Å²) < 4.78 is 10.6. The summed E-state index contributed by atoms with van der Waals surface area (Å²) in [5, 5.41) is 0. The second-order valence-corrected chi connectivity index (χ2v) is 5.10. The number of rotatable bonds is 7. The van der Waals surface area contributed by atoms with Crippen molar-refractivity contribution in [3.8, 4) is 5.75 Å². The molecule has 0 spiro atoms. The van der Waals surface area contributed by atoms with Gasteiger partial charge < -0.3 is 9.47 Å². The third-order valence-corrected chi connectivity index (χ3v) is 3.44. The van der Waals surface area contributed by atoms with Gasteiger partial charge in [0.2, 0.25) is 0 Å². The monoisotopic (exact) mass is 262 g/mol. The minimum atomic E-state index is -0.153. The van der Waals surface area contributed by atoms with Crippen LogP contribution in [-0.4, -0.2) is 19.2 Å². The van der Waals surface area contributed by atoms with Gasteiger partial charge in [0.25, 0.3) is 0 Å². The highest BCUT2D eigenvalue weighted by atomic mass is 16.5. The molecule has 1 unspecified atom stereocenters. The Hall–Kier alpha value is -1.51. The van der Waals surface area contributed by atoms with Crippen LogP contribution >= 0.6 is 0 Å². The molecular formula is C16H22O3. The molecular weight excluding hydrogens is 240 g/mol. The summed E-state index contributed by atoms with van der Waals surface area (Å²) in [5.41, 5.74) is 1.02. The number of carbonyl (C=O) groups excluding carboxylic acids is 1. The molecule has 0 aliphatic heterocycles. The lowest BCUT2D eigenvalue weighted by Gasteiger charge is -2.15. The van der Waals surface area contributed by atoms with E-state index in [1.54, 1.807) is 0 Å². The molecule has 1 aromatic carbocycles. The zero-order valence-electron chi connectivity index (χ0n) is 11.7. The van der Waals surface area contributed by atoms with Crippen molar-refractivity contribution in [2.45, 2.75) is 51.0 Å². The average molecular weight is 262 g/mol. The first-order valence-corrected chi connectivity index (χ1v) is 7.09. The van der Waals surface area contributed by atoms with E-state index in [2.05, 4.69) is 6.92 Å². The Balaban J connectivity index is 2.04. The fourth-order valence-electron chi connectivity index (χ4n) is 2.13. The number of ether oxygens (including phenoxy) is 2. The molecule has 19 heavy (non-hydrogen) atoms. The fourth-order valence-corrected chi connectivity index (χ4v) is 2.13. The number of unbranched alkanes of at least 4 members (excludes halogenated alkanes) is 1. The van der Waals surface area contributed by atoms with Gasteiger partial charge in [-0.25, -0.2) is 0 Å². The predicted octanol–water partition coefficient (Wildman–Crippen LogP) is 3.67. The Morgan fingerprint density at radius 2 is 2.00 bits per heavy atom. The van der Waals surface area contributed by atoms with Crippen molar-refractivity contribution in [1.82, 2.24) is 0 Å². The molecule has 1 aliphatic rings. The number of esters is 1. The zero-order valence-corrected chi connectivity index (χ0v) is 11.7. The number of methoxy groups -OCH3 is 1. The maximum atomic E-state index is 11.8. The standard InChI is InChI=1S/C16H22O3/c1-3-4-5-15(16(17)18-2)12-6-8-13(9-7-12)19-14-10-11-14/h6-9,14-15H,3-5,10-11H2,1-2H3. The van der Waals surface area contributed by atoms with Gasteiger partial charge in [-0.05, 0) is 37.0 Å². The third-order valence-electron chi connectivity index (χ3n) is 3.44. The minimum absolute atomic E-state index is 0.149. The van der Waals surface area contributed by atoms with Crippen LogP contribution in [0.1, 0.15) is 50.5 Å². The summed E-state index contributed by atoms with van der Waals surface area (Å²) in [6.07, 6.45) is 5.66. The smallest absolute Gasteiger partial charge is 0.313 e. The lowest BCUT2D eigenvalue weighted by molar-refractivity contribution is -0.142. The fraction of sp³-hybridized carbons (Fsp3) is 0.562. The third kappa shape index (κ3) is 3.98. The Kier molecular flexibility index (Phi) is 4.83. The van der Waals surface area contributed by atoms with Crippen LogP contribution in [0.15, 0.2) is 24.3 Å². The Morgan fingerprint density at radius 3 is 2.53 bits per heavy atom. The first-order valence-electron chi connectivity index (χ1n) is 7.09. The van der Waals surface area contributed by atoms with Gasteiger partial charge in [-0.15, -0.1) is 0 Å². The van der Waals surface area contributed by atoms with Gasteiger partial charge in [-0.1, -0.05) is 31.9 Å². The van der Waals surface area contributed by atoms with E-state index in [0.717, 1.165) is 43.4 Å². The average Bonchev–Trinajstić information content (AvgIpc) is 3.24. The summed E-state index contributed by atoms with van der Waals surface area (Å²) >= 11 is 0.